The summed E-state index contributed by atoms with van der Waals surface area (Å²) in [5.74, 6) is -1.60. The largest absolute Gasteiger partial charge is 0.475 e. The molecule has 0 atom stereocenters. The normalized spacial score (nSPS) is 10.5. The molecule has 1 N–H and O–H groups in total. The van der Waals surface area contributed by atoms with Crippen LogP contribution >= 0.6 is 0 Å². The first-order valence-corrected chi connectivity index (χ1v) is 4.97. The minimum Gasteiger partial charge on any atom is -0.475 e. The number of benzene rings is 1. The minimum absolute atomic E-state index is 0.278. The third-order valence-electron chi connectivity index (χ3n) is 2.44. The topological polar surface area (TPSA) is 70.8 Å². The third-order valence-corrected chi connectivity index (χ3v) is 2.44. The summed E-state index contributed by atoms with van der Waals surface area (Å²) in [6.07, 6.45) is 0. The van der Waals surface area contributed by atoms with Gasteiger partial charge in [0.1, 0.15) is 5.58 Å². The smallest absolute Gasteiger partial charge is 0.371 e. The van der Waals surface area contributed by atoms with Crippen molar-refractivity contribution in [2.75, 3.05) is 19.0 Å². The van der Waals surface area contributed by atoms with Gasteiger partial charge in [-0.1, -0.05) is 0 Å². The zero-order valence-electron chi connectivity index (χ0n) is 9.43. The Morgan fingerprint density at radius 3 is 2.59 bits per heavy atom. The molecule has 0 amide bonds. The summed E-state index contributed by atoms with van der Waals surface area (Å²) in [6, 6.07) is 6.02. The number of hydrogen-bond acceptors (Lipinski definition) is 4. The van der Waals surface area contributed by atoms with Crippen LogP contribution in [0.1, 0.15) is 10.6 Å². The lowest BCUT2D eigenvalue weighted by molar-refractivity contribution is 0.0663. The first-order valence-electron chi connectivity index (χ1n) is 4.97. The van der Waals surface area contributed by atoms with E-state index >= 15 is 0 Å². The van der Waals surface area contributed by atoms with Crippen molar-refractivity contribution in [3.8, 4) is 0 Å². The summed E-state index contributed by atoms with van der Waals surface area (Å²) in [6.45, 7) is 0. The van der Waals surface area contributed by atoms with Crippen LogP contribution in [-0.2, 0) is 0 Å². The van der Waals surface area contributed by atoms with E-state index in [0.717, 1.165) is 11.8 Å². The van der Waals surface area contributed by atoms with Gasteiger partial charge in [0.05, 0.1) is 5.39 Å². The number of fused-ring (bicyclic) bond motifs is 1. The minimum atomic E-state index is -1.25. The molecule has 17 heavy (non-hydrogen) atoms. The molecule has 0 spiro atoms. The predicted octanol–water partition coefficient (Wildman–Crippen LogP) is 1.56. The van der Waals surface area contributed by atoms with Crippen molar-refractivity contribution >= 4 is 22.6 Å². The van der Waals surface area contributed by atoms with Gasteiger partial charge in [0, 0.05) is 25.8 Å². The molecular weight excluding hydrogens is 222 g/mol. The average Bonchev–Trinajstić information content (AvgIpc) is 2.28. The van der Waals surface area contributed by atoms with Crippen LogP contribution in [0.4, 0.5) is 5.69 Å². The Hall–Kier alpha value is -2.30. The summed E-state index contributed by atoms with van der Waals surface area (Å²) < 4.78 is 5.12. The standard InChI is InChI=1S/C12H11NO4/c1-13(2)7-3-4-10-8(5-7)9(14)6-11(17-10)12(15)16/h3-6H,1-2H3,(H,15,16). The molecule has 0 unspecified atom stereocenters. The van der Waals surface area contributed by atoms with Crippen molar-refractivity contribution in [3.63, 3.8) is 0 Å². The molecule has 0 fully saturated rings. The van der Waals surface area contributed by atoms with Crippen LogP contribution in [0.15, 0.2) is 33.5 Å². The number of carbonyl (C=O) groups is 1. The van der Waals surface area contributed by atoms with Crippen LogP contribution in [0.3, 0.4) is 0 Å². The van der Waals surface area contributed by atoms with Crippen molar-refractivity contribution in [2.45, 2.75) is 0 Å². The highest BCUT2D eigenvalue weighted by atomic mass is 16.4. The van der Waals surface area contributed by atoms with E-state index in [4.69, 9.17) is 9.52 Å². The monoisotopic (exact) mass is 233 g/mol. The Kier molecular flexibility index (Phi) is 2.59. The highest BCUT2D eigenvalue weighted by Crippen LogP contribution is 2.19. The Balaban J connectivity index is 2.73. The quantitative estimate of drug-likeness (QED) is 0.852. The fourth-order valence-corrected chi connectivity index (χ4v) is 1.53. The Bertz CT molecular complexity index is 642. The lowest BCUT2D eigenvalue weighted by Gasteiger charge is -2.12. The van der Waals surface area contributed by atoms with Crippen LogP contribution < -0.4 is 10.3 Å². The van der Waals surface area contributed by atoms with E-state index in [2.05, 4.69) is 0 Å². The van der Waals surface area contributed by atoms with Gasteiger partial charge in [-0.15, -0.1) is 0 Å². The van der Waals surface area contributed by atoms with Gasteiger partial charge in [0.15, 0.2) is 5.43 Å². The Morgan fingerprint density at radius 2 is 2.00 bits per heavy atom. The summed E-state index contributed by atoms with van der Waals surface area (Å²) >= 11 is 0. The second-order valence-corrected chi connectivity index (χ2v) is 3.85. The molecule has 5 nitrogen and oxygen atoms in total. The number of hydrogen-bond donors (Lipinski definition) is 1. The Labute approximate surface area is 96.9 Å². The van der Waals surface area contributed by atoms with E-state index in [1.807, 2.05) is 19.0 Å². The molecule has 0 saturated carbocycles. The van der Waals surface area contributed by atoms with E-state index in [0.29, 0.717) is 5.39 Å². The lowest BCUT2D eigenvalue weighted by Crippen LogP contribution is -2.10. The molecule has 0 aliphatic rings. The lowest BCUT2D eigenvalue weighted by atomic mass is 10.2. The number of nitrogens with zero attached hydrogens (tertiary/aromatic N) is 1. The predicted molar refractivity (Wildman–Crippen MR) is 63.8 cm³/mol. The van der Waals surface area contributed by atoms with Crippen LogP contribution in [-0.4, -0.2) is 25.2 Å². The number of carboxylic acids is 1. The molecule has 0 bridgehead atoms. The van der Waals surface area contributed by atoms with E-state index < -0.39 is 5.97 Å². The van der Waals surface area contributed by atoms with Crippen molar-refractivity contribution in [3.05, 3.63) is 40.2 Å². The molecule has 1 heterocycles. The molecule has 88 valence electrons. The first kappa shape index (κ1) is 11.2. The second kappa shape index (κ2) is 3.93. The van der Waals surface area contributed by atoms with Crippen LogP contribution in [0.25, 0.3) is 11.0 Å². The summed E-state index contributed by atoms with van der Waals surface area (Å²) in [5.41, 5.74) is 0.778. The zero-order chi connectivity index (χ0) is 12.6. The molecule has 1 aromatic carbocycles. The highest BCUT2D eigenvalue weighted by Gasteiger charge is 2.11. The molecule has 5 heteroatoms. The van der Waals surface area contributed by atoms with E-state index in [1.165, 1.54) is 0 Å². The molecule has 2 aromatic rings. The molecule has 0 aliphatic carbocycles. The first-order chi connectivity index (χ1) is 7.99. The average molecular weight is 233 g/mol. The molecule has 0 saturated heterocycles. The van der Waals surface area contributed by atoms with Crippen LogP contribution in [0.2, 0.25) is 0 Å². The second-order valence-electron chi connectivity index (χ2n) is 3.85. The van der Waals surface area contributed by atoms with Gasteiger partial charge in [0.25, 0.3) is 0 Å². The summed E-state index contributed by atoms with van der Waals surface area (Å²) in [5, 5.41) is 9.15. The van der Waals surface area contributed by atoms with E-state index in [9.17, 15) is 9.59 Å². The molecule has 0 aliphatic heterocycles. The van der Waals surface area contributed by atoms with Crippen LogP contribution in [0, 0.1) is 0 Å². The van der Waals surface area contributed by atoms with Gasteiger partial charge in [-0.25, -0.2) is 4.79 Å². The molecule has 0 radical (unpaired) electrons. The molecular formula is C12H11NO4. The third kappa shape index (κ3) is 1.99. The maximum absolute atomic E-state index is 11.7. The van der Waals surface area contributed by atoms with Gasteiger partial charge < -0.3 is 14.4 Å². The zero-order valence-corrected chi connectivity index (χ0v) is 9.43. The number of anilines is 1. The molecule has 1 aromatic heterocycles. The van der Waals surface area contributed by atoms with E-state index in [1.54, 1.807) is 18.2 Å². The fraction of sp³-hybridized carbons (Fsp3) is 0.167. The van der Waals surface area contributed by atoms with Gasteiger partial charge in [-0.05, 0) is 18.2 Å². The van der Waals surface area contributed by atoms with Crippen molar-refractivity contribution in [1.29, 1.82) is 0 Å². The van der Waals surface area contributed by atoms with Gasteiger partial charge >= 0.3 is 5.97 Å². The fourth-order valence-electron chi connectivity index (χ4n) is 1.53. The Morgan fingerprint density at radius 1 is 1.29 bits per heavy atom. The number of aromatic carboxylic acids is 1. The summed E-state index contributed by atoms with van der Waals surface area (Å²) in [7, 11) is 3.71. The van der Waals surface area contributed by atoms with Crippen molar-refractivity contribution in [1.82, 2.24) is 0 Å². The maximum Gasteiger partial charge on any atom is 0.371 e. The maximum atomic E-state index is 11.7. The van der Waals surface area contributed by atoms with Crippen LogP contribution in [0.5, 0.6) is 0 Å². The van der Waals surface area contributed by atoms with Crippen molar-refractivity contribution in [2.24, 2.45) is 0 Å². The SMILES string of the molecule is CN(C)c1ccc2oc(C(=O)O)cc(=O)c2c1. The van der Waals surface area contributed by atoms with Gasteiger partial charge in [-0.2, -0.15) is 0 Å². The number of rotatable bonds is 2. The van der Waals surface area contributed by atoms with Crippen molar-refractivity contribution < 1.29 is 14.3 Å². The molecule has 2 rings (SSSR count). The summed E-state index contributed by atoms with van der Waals surface area (Å²) in [4.78, 5) is 24.3. The number of carboxylic acid groups (broad SMARTS) is 1. The van der Waals surface area contributed by atoms with E-state index in [-0.39, 0.29) is 16.8 Å². The van der Waals surface area contributed by atoms with Gasteiger partial charge in [0.2, 0.25) is 5.76 Å². The highest BCUT2D eigenvalue weighted by molar-refractivity contribution is 5.88. The van der Waals surface area contributed by atoms with Gasteiger partial charge in [-0.3, -0.25) is 4.79 Å².